The fourth-order valence-corrected chi connectivity index (χ4v) is 3.60. The molecule has 2 aliphatic rings. The Kier molecular flexibility index (Phi) is 2.48. The first-order valence-electron chi connectivity index (χ1n) is 4.37. The van der Waals surface area contributed by atoms with Gasteiger partial charge in [0.05, 0.1) is 12.7 Å². The SMILES string of the molecule is C=CC(=O)OS1(CC2CO2)C=CC=C1. The van der Waals surface area contributed by atoms with Gasteiger partial charge in [-0.1, -0.05) is 18.7 Å². The van der Waals surface area contributed by atoms with E-state index in [1.165, 1.54) is 6.08 Å². The summed E-state index contributed by atoms with van der Waals surface area (Å²) in [6.45, 7) is 4.17. The predicted molar refractivity (Wildman–Crippen MR) is 56.8 cm³/mol. The Balaban J connectivity index is 2.05. The van der Waals surface area contributed by atoms with Gasteiger partial charge in [-0.25, -0.2) is 4.79 Å². The molecule has 14 heavy (non-hydrogen) atoms. The van der Waals surface area contributed by atoms with Crippen LogP contribution in [0.2, 0.25) is 0 Å². The number of ether oxygens (including phenoxy) is 1. The minimum Gasteiger partial charge on any atom is -0.404 e. The second kappa shape index (κ2) is 3.63. The summed E-state index contributed by atoms with van der Waals surface area (Å²) in [6, 6.07) is 0. The first kappa shape index (κ1) is 9.55. The maximum Gasteiger partial charge on any atom is 0.341 e. The van der Waals surface area contributed by atoms with Gasteiger partial charge in [0.2, 0.25) is 0 Å². The fourth-order valence-electron chi connectivity index (χ4n) is 1.24. The molecule has 1 fully saturated rings. The molecule has 2 aliphatic heterocycles. The molecular formula is C10H12O3S. The largest absolute Gasteiger partial charge is 0.404 e. The lowest BCUT2D eigenvalue weighted by Gasteiger charge is -2.29. The topological polar surface area (TPSA) is 38.8 Å². The van der Waals surface area contributed by atoms with Crippen LogP contribution >= 0.6 is 10.3 Å². The number of hydrogen-bond donors (Lipinski definition) is 0. The van der Waals surface area contributed by atoms with Crippen molar-refractivity contribution in [3.8, 4) is 0 Å². The van der Waals surface area contributed by atoms with Gasteiger partial charge in [0.1, 0.15) is 0 Å². The molecule has 1 saturated heterocycles. The second-order valence-corrected chi connectivity index (χ2v) is 5.77. The first-order chi connectivity index (χ1) is 6.74. The lowest BCUT2D eigenvalue weighted by atomic mass is 10.6. The first-order valence-corrected chi connectivity index (χ1v) is 6.23. The molecule has 1 atom stereocenters. The average molecular weight is 212 g/mol. The van der Waals surface area contributed by atoms with Gasteiger partial charge in [-0.3, -0.25) is 0 Å². The van der Waals surface area contributed by atoms with Crippen LogP contribution in [-0.4, -0.2) is 24.4 Å². The third-order valence-corrected chi connectivity index (χ3v) is 4.58. The summed E-state index contributed by atoms with van der Waals surface area (Å²) in [5.74, 6) is 0.413. The van der Waals surface area contributed by atoms with Gasteiger partial charge in [0.25, 0.3) is 0 Å². The van der Waals surface area contributed by atoms with E-state index in [1.807, 2.05) is 23.0 Å². The molecule has 0 bridgehead atoms. The van der Waals surface area contributed by atoms with Crippen molar-refractivity contribution in [2.75, 3.05) is 12.4 Å². The van der Waals surface area contributed by atoms with Crippen LogP contribution in [0, 0.1) is 0 Å². The van der Waals surface area contributed by atoms with Crippen LogP contribution in [0.1, 0.15) is 0 Å². The van der Waals surface area contributed by atoms with E-state index in [1.54, 1.807) is 0 Å². The maximum atomic E-state index is 11.1. The molecule has 0 radical (unpaired) electrons. The highest BCUT2D eigenvalue weighted by molar-refractivity contribution is 8.35. The minimum absolute atomic E-state index is 0.259. The van der Waals surface area contributed by atoms with Crippen molar-refractivity contribution in [3.63, 3.8) is 0 Å². The summed E-state index contributed by atoms with van der Waals surface area (Å²) < 4.78 is 10.5. The van der Waals surface area contributed by atoms with E-state index in [2.05, 4.69) is 6.58 Å². The van der Waals surface area contributed by atoms with Crippen molar-refractivity contribution in [2.45, 2.75) is 6.10 Å². The van der Waals surface area contributed by atoms with E-state index >= 15 is 0 Å². The molecule has 0 aromatic heterocycles. The zero-order valence-electron chi connectivity index (χ0n) is 7.72. The third kappa shape index (κ3) is 2.08. The van der Waals surface area contributed by atoms with E-state index in [0.717, 1.165) is 12.4 Å². The van der Waals surface area contributed by atoms with E-state index in [4.69, 9.17) is 8.92 Å². The van der Waals surface area contributed by atoms with Crippen LogP contribution in [0.4, 0.5) is 0 Å². The molecule has 0 aromatic rings. The number of carbonyl (C=O) groups excluding carboxylic acids is 1. The van der Waals surface area contributed by atoms with E-state index < -0.39 is 10.3 Å². The molecule has 3 nitrogen and oxygen atoms in total. The zero-order valence-corrected chi connectivity index (χ0v) is 8.53. The molecule has 4 heteroatoms. The third-order valence-electron chi connectivity index (χ3n) is 1.98. The van der Waals surface area contributed by atoms with Gasteiger partial charge in [-0.2, -0.15) is 0 Å². The Morgan fingerprint density at radius 1 is 1.64 bits per heavy atom. The molecule has 0 aliphatic carbocycles. The predicted octanol–water partition coefficient (Wildman–Crippen LogP) is 1.87. The van der Waals surface area contributed by atoms with Crippen molar-refractivity contribution in [1.29, 1.82) is 0 Å². The molecule has 0 saturated carbocycles. The van der Waals surface area contributed by atoms with Gasteiger partial charge in [0, 0.05) is 11.8 Å². The summed E-state index contributed by atoms with van der Waals surface area (Å²) in [5.41, 5.74) is 0. The Bertz CT molecular complexity index is 303. The van der Waals surface area contributed by atoms with Crippen molar-refractivity contribution in [1.82, 2.24) is 0 Å². The van der Waals surface area contributed by atoms with Crippen molar-refractivity contribution < 1.29 is 13.7 Å². The van der Waals surface area contributed by atoms with Crippen molar-refractivity contribution in [3.05, 3.63) is 35.6 Å². The Labute approximate surface area is 84.6 Å². The molecule has 2 heterocycles. The lowest BCUT2D eigenvalue weighted by Crippen LogP contribution is -2.11. The van der Waals surface area contributed by atoms with Crippen LogP contribution in [0.25, 0.3) is 0 Å². The van der Waals surface area contributed by atoms with Gasteiger partial charge in [-0.15, -0.1) is 0 Å². The molecular weight excluding hydrogens is 200 g/mol. The summed E-state index contributed by atoms with van der Waals surface area (Å²) in [6.07, 6.45) is 5.28. The standard InChI is InChI=1S/C10H12O3S/c1-2-10(11)13-14(5-3-4-6-14)8-9-7-12-9/h2-6,9H,1,7-8H2. The monoisotopic (exact) mass is 212 g/mol. The van der Waals surface area contributed by atoms with Crippen LogP contribution in [0.3, 0.4) is 0 Å². The lowest BCUT2D eigenvalue weighted by molar-refractivity contribution is -0.127. The number of hydrogen-bond acceptors (Lipinski definition) is 3. The van der Waals surface area contributed by atoms with E-state index in [0.29, 0.717) is 0 Å². The van der Waals surface area contributed by atoms with Crippen LogP contribution in [0.15, 0.2) is 35.6 Å². The van der Waals surface area contributed by atoms with Gasteiger partial charge < -0.3 is 8.92 Å². The summed E-state index contributed by atoms with van der Waals surface area (Å²) in [7, 11) is -1.52. The summed E-state index contributed by atoms with van der Waals surface area (Å²) in [4.78, 5) is 11.1. The highest BCUT2D eigenvalue weighted by Gasteiger charge is 2.34. The Hall–Kier alpha value is -1.00. The molecule has 76 valence electrons. The van der Waals surface area contributed by atoms with Gasteiger partial charge >= 0.3 is 5.97 Å². The Morgan fingerprint density at radius 3 is 2.79 bits per heavy atom. The fraction of sp³-hybridized carbons (Fsp3) is 0.300. The number of carbonyl (C=O) groups is 1. The number of rotatable bonds is 4. The highest BCUT2D eigenvalue weighted by Crippen LogP contribution is 2.56. The average Bonchev–Trinajstić information content (AvgIpc) is 2.85. The van der Waals surface area contributed by atoms with Crippen LogP contribution in [-0.2, 0) is 13.7 Å². The molecule has 2 rings (SSSR count). The molecule has 0 amide bonds. The van der Waals surface area contributed by atoms with Crippen LogP contribution in [0.5, 0.6) is 0 Å². The minimum atomic E-state index is -1.52. The van der Waals surface area contributed by atoms with E-state index in [9.17, 15) is 4.79 Å². The normalized spacial score (nSPS) is 28.4. The summed E-state index contributed by atoms with van der Waals surface area (Å²) in [5, 5.41) is 3.91. The van der Waals surface area contributed by atoms with Crippen LogP contribution < -0.4 is 0 Å². The van der Waals surface area contributed by atoms with Crippen molar-refractivity contribution >= 4 is 16.3 Å². The Morgan fingerprint density at radius 2 is 2.29 bits per heavy atom. The molecule has 0 N–H and O–H groups in total. The van der Waals surface area contributed by atoms with Gasteiger partial charge in [-0.05, 0) is 21.1 Å². The second-order valence-electron chi connectivity index (χ2n) is 3.17. The zero-order chi connectivity index (χ0) is 10.0. The van der Waals surface area contributed by atoms with Gasteiger partial charge in [0.15, 0.2) is 0 Å². The maximum absolute atomic E-state index is 11.1. The summed E-state index contributed by atoms with van der Waals surface area (Å²) >= 11 is 0. The highest BCUT2D eigenvalue weighted by atomic mass is 32.3. The number of epoxide rings is 1. The van der Waals surface area contributed by atoms with E-state index in [-0.39, 0.29) is 12.1 Å². The quantitative estimate of drug-likeness (QED) is 0.527. The molecule has 1 unspecified atom stereocenters. The molecule has 0 aromatic carbocycles. The molecule has 0 spiro atoms. The smallest absolute Gasteiger partial charge is 0.341 e. The van der Waals surface area contributed by atoms with Crippen molar-refractivity contribution in [2.24, 2.45) is 0 Å². The number of allylic oxidation sites excluding steroid dienone is 2.